The van der Waals surface area contributed by atoms with Gasteiger partial charge in [-0.25, -0.2) is 0 Å². The highest BCUT2D eigenvalue weighted by Crippen LogP contribution is 2.46. The SMILES string of the molecule is [B]C(=O)NC(C)(C)CC(C)(C)C(C)(C)CCC. The van der Waals surface area contributed by atoms with Gasteiger partial charge in [-0.05, 0) is 37.5 Å². The van der Waals surface area contributed by atoms with Crippen molar-refractivity contribution in [2.24, 2.45) is 10.8 Å². The van der Waals surface area contributed by atoms with Gasteiger partial charge in [0.05, 0.1) is 0 Å². The number of hydrogen-bond acceptors (Lipinski definition) is 1. The molecule has 2 nitrogen and oxygen atoms in total. The fourth-order valence-electron chi connectivity index (χ4n) is 2.69. The van der Waals surface area contributed by atoms with Crippen LogP contribution in [0.25, 0.3) is 0 Å². The second-order valence-electron chi connectivity index (χ2n) is 7.07. The second kappa shape index (κ2) is 5.45. The van der Waals surface area contributed by atoms with Crippen molar-refractivity contribution in [3.8, 4) is 0 Å². The summed E-state index contributed by atoms with van der Waals surface area (Å²) in [7, 11) is 5.22. The van der Waals surface area contributed by atoms with Crippen molar-refractivity contribution < 1.29 is 4.79 Å². The average molecular weight is 237 g/mol. The lowest BCUT2D eigenvalue weighted by atomic mass is 9.61. The Bertz CT molecular complexity index is 269. The lowest BCUT2D eigenvalue weighted by Gasteiger charge is -2.46. The van der Waals surface area contributed by atoms with Gasteiger partial charge in [-0.3, -0.25) is 4.79 Å². The van der Waals surface area contributed by atoms with Crippen molar-refractivity contribution in [3.63, 3.8) is 0 Å². The van der Waals surface area contributed by atoms with Crippen LogP contribution in [0, 0.1) is 10.8 Å². The molecule has 0 atom stereocenters. The first-order valence-corrected chi connectivity index (χ1v) is 6.51. The molecule has 3 heteroatoms. The Balaban J connectivity index is 4.79. The fourth-order valence-corrected chi connectivity index (χ4v) is 2.69. The number of carbonyl (C=O) groups excluding carboxylic acids is 1. The molecule has 0 aliphatic carbocycles. The average Bonchev–Trinajstić information content (AvgIpc) is 1.97. The summed E-state index contributed by atoms with van der Waals surface area (Å²) in [5, 5.41) is 2.83. The number of amides is 1. The summed E-state index contributed by atoms with van der Waals surface area (Å²) in [6.07, 6.45) is 3.28. The van der Waals surface area contributed by atoms with Crippen molar-refractivity contribution in [2.45, 2.75) is 73.3 Å². The maximum atomic E-state index is 11.0. The normalized spacial score (nSPS) is 13.6. The van der Waals surface area contributed by atoms with E-state index in [-0.39, 0.29) is 16.4 Å². The van der Waals surface area contributed by atoms with Crippen LogP contribution in [-0.2, 0) is 0 Å². The van der Waals surface area contributed by atoms with Gasteiger partial charge in [0, 0.05) is 5.54 Å². The third-order valence-electron chi connectivity index (χ3n) is 4.05. The van der Waals surface area contributed by atoms with Crippen LogP contribution in [0.1, 0.15) is 67.7 Å². The molecule has 1 amide bonds. The molecule has 0 aromatic rings. The lowest BCUT2D eigenvalue weighted by Crippen LogP contribution is -2.48. The van der Waals surface area contributed by atoms with Gasteiger partial charge in [-0.15, -0.1) is 0 Å². The van der Waals surface area contributed by atoms with Crippen LogP contribution >= 0.6 is 0 Å². The summed E-state index contributed by atoms with van der Waals surface area (Å²) >= 11 is 0. The fraction of sp³-hybridized carbons (Fsp3) is 0.929. The van der Waals surface area contributed by atoms with Crippen LogP contribution in [0.15, 0.2) is 0 Å². The van der Waals surface area contributed by atoms with Crippen molar-refractivity contribution in [2.75, 3.05) is 0 Å². The van der Waals surface area contributed by atoms with Crippen molar-refractivity contribution in [1.82, 2.24) is 5.32 Å². The molecule has 17 heavy (non-hydrogen) atoms. The van der Waals surface area contributed by atoms with Crippen LogP contribution < -0.4 is 5.32 Å². The van der Waals surface area contributed by atoms with E-state index in [4.69, 9.17) is 7.85 Å². The van der Waals surface area contributed by atoms with Crippen LogP contribution in [0.2, 0.25) is 0 Å². The third kappa shape index (κ3) is 5.14. The molecule has 0 fully saturated rings. The molecular weight excluding hydrogens is 209 g/mol. The number of rotatable bonds is 6. The highest BCUT2D eigenvalue weighted by Gasteiger charge is 2.40. The second-order valence-corrected chi connectivity index (χ2v) is 7.07. The minimum atomic E-state index is -0.445. The van der Waals surface area contributed by atoms with E-state index in [9.17, 15) is 4.79 Å². The predicted molar refractivity (Wildman–Crippen MR) is 75.5 cm³/mol. The molecule has 0 aromatic heterocycles. The van der Waals surface area contributed by atoms with E-state index in [1.54, 1.807) is 0 Å². The van der Waals surface area contributed by atoms with E-state index < -0.39 is 5.81 Å². The smallest absolute Gasteiger partial charge is 0.200 e. The summed E-state index contributed by atoms with van der Waals surface area (Å²) in [6, 6.07) is 0. The summed E-state index contributed by atoms with van der Waals surface area (Å²) in [6.45, 7) is 15.4. The van der Waals surface area contributed by atoms with Gasteiger partial charge in [0.2, 0.25) is 7.85 Å². The summed E-state index contributed by atoms with van der Waals surface area (Å²) in [5.41, 5.74) is 0.133. The van der Waals surface area contributed by atoms with Crippen molar-refractivity contribution in [3.05, 3.63) is 0 Å². The van der Waals surface area contributed by atoms with E-state index in [2.05, 4.69) is 39.9 Å². The molecule has 1 N–H and O–H groups in total. The Labute approximate surface area is 108 Å². The van der Waals surface area contributed by atoms with Gasteiger partial charge in [-0.2, -0.15) is 0 Å². The first-order chi connectivity index (χ1) is 7.43. The molecule has 0 aromatic carbocycles. The Morgan fingerprint density at radius 3 is 1.88 bits per heavy atom. The Morgan fingerprint density at radius 2 is 1.53 bits per heavy atom. The van der Waals surface area contributed by atoms with E-state index in [0.29, 0.717) is 0 Å². The van der Waals surface area contributed by atoms with Gasteiger partial charge in [0.25, 0.3) is 0 Å². The molecule has 98 valence electrons. The molecule has 0 unspecified atom stereocenters. The predicted octanol–water partition coefficient (Wildman–Crippen LogP) is 3.89. The molecule has 0 saturated carbocycles. The minimum Gasteiger partial charge on any atom is -0.361 e. The largest absolute Gasteiger partial charge is 0.361 e. The maximum Gasteiger partial charge on any atom is 0.200 e. The minimum absolute atomic E-state index is 0.148. The molecule has 0 spiro atoms. The van der Waals surface area contributed by atoms with Gasteiger partial charge in [0.1, 0.15) is 0 Å². The van der Waals surface area contributed by atoms with E-state index in [1.165, 1.54) is 12.8 Å². The molecule has 0 heterocycles. The Kier molecular flexibility index (Phi) is 5.30. The first-order valence-electron chi connectivity index (χ1n) is 6.51. The van der Waals surface area contributed by atoms with Gasteiger partial charge < -0.3 is 5.32 Å². The summed E-state index contributed by atoms with van der Waals surface area (Å²) in [4.78, 5) is 11.0. The van der Waals surface area contributed by atoms with Crippen LogP contribution in [-0.4, -0.2) is 19.2 Å². The topological polar surface area (TPSA) is 29.1 Å². The molecule has 2 radical (unpaired) electrons. The zero-order valence-corrected chi connectivity index (χ0v) is 12.6. The van der Waals surface area contributed by atoms with E-state index >= 15 is 0 Å². The van der Waals surface area contributed by atoms with Gasteiger partial charge in [0.15, 0.2) is 5.81 Å². The molecule has 0 aliphatic rings. The Hall–Kier alpha value is -0.465. The van der Waals surface area contributed by atoms with E-state index in [1.807, 2.05) is 13.8 Å². The zero-order valence-electron chi connectivity index (χ0n) is 12.6. The standard InChI is InChI=1S/C14H28BNO/c1-8-9-12(2,3)13(4,5)10-14(6,7)16-11(15)17/h8-10H2,1-7H3,(H,16,17). The maximum absolute atomic E-state index is 11.0. The third-order valence-corrected chi connectivity index (χ3v) is 4.05. The Morgan fingerprint density at radius 1 is 1.06 bits per heavy atom. The number of hydrogen-bond donors (Lipinski definition) is 1. The molecule has 0 saturated heterocycles. The zero-order chi connectivity index (χ0) is 13.9. The van der Waals surface area contributed by atoms with Crippen LogP contribution in [0.3, 0.4) is 0 Å². The van der Waals surface area contributed by atoms with Crippen LogP contribution in [0.5, 0.6) is 0 Å². The molecule has 0 aliphatic heterocycles. The monoisotopic (exact) mass is 237 g/mol. The molecule has 0 rings (SSSR count). The lowest BCUT2D eigenvalue weighted by molar-refractivity contribution is 0.0606. The molecular formula is C14H28BNO. The number of nitrogens with one attached hydrogen (secondary N) is 1. The quantitative estimate of drug-likeness (QED) is 0.697. The summed E-state index contributed by atoms with van der Waals surface area (Å²) in [5.74, 6) is -0.445. The highest BCUT2D eigenvalue weighted by molar-refractivity contribution is 6.57. The van der Waals surface area contributed by atoms with Crippen molar-refractivity contribution >= 4 is 13.7 Å². The highest BCUT2D eigenvalue weighted by atomic mass is 16.1. The first kappa shape index (κ1) is 16.5. The van der Waals surface area contributed by atoms with E-state index in [0.717, 1.165) is 6.42 Å². The van der Waals surface area contributed by atoms with Gasteiger partial charge >= 0.3 is 0 Å². The number of carbonyl (C=O) groups is 1. The molecule has 0 bridgehead atoms. The summed E-state index contributed by atoms with van der Waals surface area (Å²) < 4.78 is 0. The van der Waals surface area contributed by atoms with Gasteiger partial charge in [-0.1, -0.05) is 41.0 Å². The van der Waals surface area contributed by atoms with Crippen molar-refractivity contribution in [1.29, 1.82) is 0 Å². The van der Waals surface area contributed by atoms with Crippen LogP contribution in [0.4, 0.5) is 4.79 Å².